The Labute approximate surface area is 191 Å². The Kier molecular flexibility index (Phi) is 6.16. The Hall–Kier alpha value is -3.33. The highest BCUT2D eigenvalue weighted by Gasteiger charge is 2.50. The molecule has 1 saturated heterocycles. The Bertz CT molecular complexity index is 1200. The predicted molar refractivity (Wildman–Crippen MR) is 112 cm³/mol. The minimum absolute atomic E-state index is 0.0312. The van der Waals surface area contributed by atoms with Crippen molar-refractivity contribution >= 4 is 5.97 Å². The summed E-state index contributed by atoms with van der Waals surface area (Å²) < 4.78 is 82.2. The molecule has 0 radical (unpaired) electrons. The second-order valence-corrected chi connectivity index (χ2v) is 8.37. The fourth-order valence-corrected chi connectivity index (χ4v) is 4.42. The largest absolute Gasteiger partial charge is 0.492 e. The van der Waals surface area contributed by atoms with Crippen LogP contribution in [0.25, 0.3) is 11.1 Å². The first-order chi connectivity index (χ1) is 16.0. The van der Waals surface area contributed by atoms with Crippen molar-refractivity contribution in [2.75, 3.05) is 13.1 Å². The van der Waals surface area contributed by atoms with Crippen LogP contribution in [-0.4, -0.2) is 30.3 Å². The van der Waals surface area contributed by atoms with Crippen LogP contribution >= 0.6 is 0 Å². The van der Waals surface area contributed by atoms with E-state index in [1.807, 2.05) is 0 Å². The van der Waals surface area contributed by atoms with Gasteiger partial charge in [-0.25, -0.2) is 18.0 Å². The molecule has 3 nitrogen and oxygen atoms in total. The van der Waals surface area contributed by atoms with Crippen LogP contribution in [0.1, 0.15) is 24.0 Å². The Morgan fingerprint density at radius 2 is 1.59 bits per heavy atom. The molecular weight excluding hydrogens is 460 g/mol. The predicted octanol–water partition coefficient (Wildman–Crippen LogP) is 6.15. The van der Waals surface area contributed by atoms with Crippen molar-refractivity contribution < 1.29 is 36.0 Å². The zero-order valence-corrected chi connectivity index (χ0v) is 17.9. The summed E-state index contributed by atoms with van der Waals surface area (Å²) in [7, 11) is 0. The number of nitrogens with zero attached hydrogens (tertiary/aromatic N) is 1. The van der Waals surface area contributed by atoms with E-state index in [0.717, 1.165) is 17.2 Å². The quantitative estimate of drug-likeness (QED) is 0.421. The topological polar surface area (TPSA) is 29.5 Å². The summed E-state index contributed by atoms with van der Waals surface area (Å²) in [5.41, 5.74) is -0.255. The third kappa shape index (κ3) is 4.40. The summed E-state index contributed by atoms with van der Waals surface area (Å²) in [6.45, 7) is 1.05. The van der Waals surface area contributed by atoms with Crippen molar-refractivity contribution in [3.63, 3.8) is 0 Å². The highest BCUT2D eigenvalue weighted by atomic mass is 19.4. The number of hydroxylamine groups is 2. The number of hydrogen-bond donors (Lipinski definition) is 0. The molecule has 4 rings (SSSR count). The molecule has 0 N–H and O–H groups in total. The highest BCUT2D eigenvalue weighted by molar-refractivity contribution is 5.75. The first kappa shape index (κ1) is 23.8. The monoisotopic (exact) mass is 479 g/mol. The van der Waals surface area contributed by atoms with Crippen molar-refractivity contribution in [1.82, 2.24) is 5.06 Å². The molecule has 0 unspecified atom stereocenters. The molecule has 3 aromatic rings. The lowest BCUT2D eigenvalue weighted by atomic mass is 9.71. The average Bonchev–Trinajstić information content (AvgIpc) is 3.12. The van der Waals surface area contributed by atoms with Crippen LogP contribution in [0.5, 0.6) is 0 Å². The van der Waals surface area contributed by atoms with Crippen molar-refractivity contribution in [3.05, 3.63) is 95.3 Å². The summed E-state index contributed by atoms with van der Waals surface area (Å²) in [6, 6.07) is 16.3. The average molecular weight is 479 g/mol. The molecule has 0 aliphatic carbocycles. The minimum atomic E-state index is -5.22. The van der Waals surface area contributed by atoms with Crippen LogP contribution in [0.15, 0.2) is 66.7 Å². The Balaban J connectivity index is 1.76. The standard InChI is InChI=1S/C25H19F6NO2/c1-24(16-7-9-17(26)10-8-16)14-32(34-23(33)25(29,30)31)13-20(24)19-12-11-18(21(27)22(19)28)15-5-3-2-4-6-15/h2-12,20H,13-14H2,1H3/t20-,24-/m1/s1. The molecule has 0 saturated carbocycles. The molecule has 0 amide bonds. The van der Waals surface area contributed by atoms with Crippen molar-refractivity contribution in [2.45, 2.75) is 24.4 Å². The molecule has 9 heteroatoms. The maximum absolute atomic E-state index is 15.4. The van der Waals surface area contributed by atoms with Crippen LogP contribution < -0.4 is 0 Å². The second kappa shape index (κ2) is 8.79. The molecule has 1 aliphatic heterocycles. The molecular formula is C25H19F6NO2. The van der Waals surface area contributed by atoms with Gasteiger partial charge in [0.25, 0.3) is 0 Å². The zero-order valence-electron chi connectivity index (χ0n) is 17.9. The smallest absolute Gasteiger partial charge is 0.361 e. The number of benzene rings is 3. The number of rotatable bonds is 4. The van der Waals surface area contributed by atoms with E-state index in [2.05, 4.69) is 4.84 Å². The molecule has 2 atom stereocenters. The first-order valence-electron chi connectivity index (χ1n) is 10.3. The lowest BCUT2D eigenvalue weighted by molar-refractivity contribution is -0.235. The molecule has 3 aromatic carbocycles. The van der Waals surface area contributed by atoms with Gasteiger partial charge in [-0.05, 0) is 28.8 Å². The van der Waals surface area contributed by atoms with Gasteiger partial charge in [0.15, 0.2) is 11.6 Å². The van der Waals surface area contributed by atoms with Gasteiger partial charge in [-0.2, -0.15) is 13.2 Å². The first-order valence-corrected chi connectivity index (χ1v) is 10.3. The van der Waals surface area contributed by atoms with E-state index in [9.17, 15) is 22.4 Å². The molecule has 1 fully saturated rings. The molecule has 0 aromatic heterocycles. The van der Waals surface area contributed by atoms with Crippen molar-refractivity contribution in [2.24, 2.45) is 0 Å². The van der Waals surface area contributed by atoms with Gasteiger partial charge in [0.2, 0.25) is 0 Å². The number of carbonyl (C=O) groups is 1. The van der Waals surface area contributed by atoms with Gasteiger partial charge in [-0.3, -0.25) is 0 Å². The molecule has 1 aliphatic rings. The normalized spacial score (nSPS) is 21.0. The fraction of sp³-hybridized carbons (Fsp3) is 0.240. The summed E-state index contributed by atoms with van der Waals surface area (Å²) in [5.74, 6) is -6.11. The van der Waals surface area contributed by atoms with E-state index in [1.54, 1.807) is 37.3 Å². The zero-order chi connectivity index (χ0) is 24.7. The maximum atomic E-state index is 15.4. The maximum Gasteiger partial charge on any atom is 0.492 e. The molecule has 178 valence electrons. The minimum Gasteiger partial charge on any atom is -0.361 e. The van der Waals surface area contributed by atoms with Gasteiger partial charge in [0, 0.05) is 30.0 Å². The fourth-order valence-electron chi connectivity index (χ4n) is 4.42. The van der Waals surface area contributed by atoms with Crippen LogP contribution in [0.4, 0.5) is 26.3 Å². The molecule has 34 heavy (non-hydrogen) atoms. The van der Waals surface area contributed by atoms with Crippen LogP contribution in [0.2, 0.25) is 0 Å². The van der Waals surface area contributed by atoms with Gasteiger partial charge in [0.05, 0.1) is 0 Å². The van der Waals surface area contributed by atoms with Crippen molar-refractivity contribution in [1.29, 1.82) is 0 Å². The third-order valence-electron chi connectivity index (χ3n) is 6.18. The highest BCUT2D eigenvalue weighted by Crippen LogP contribution is 2.47. The number of alkyl halides is 3. The van der Waals surface area contributed by atoms with Gasteiger partial charge in [-0.15, -0.1) is 5.06 Å². The SMILES string of the molecule is C[C@]1(c2ccc(F)cc2)CN(OC(=O)C(F)(F)F)C[C@@H]1c1ccc(-c2ccccc2)c(F)c1F. The number of carbonyl (C=O) groups excluding carboxylic acids is 1. The van der Waals surface area contributed by atoms with E-state index in [-0.39, 0.29) is 24.2 Å². The Morgan fingerprint density at radius 1 is 0.941 bits per heavy atom. The molecule has 1 heterocycles. The summed E-state index contributed by atoms with van der Waals surface area (Å²) in [6.07, 6.45) is -5.22. The van der Waals surface area contributed by atoms with E-state index < -0.39 is 40.9 Å². The van der Waals surface area contributed by atoms with E-state index in [4.69, 9.17) is 0 Å². The van der Waals surface area contributed by atoms with Crippen LogP contribution in [-0.2, 0) is 15.0 Å². The lowest BCUT2D eigenvalue weighted by Crippen LogP contribution is -2.35. The second-order valence-electron chi connectivity index (χ2n) is 8.37. The van der Waals surface area contributed by atoms with Gasteiger partial charge in [0.1, 0.15) is 5.82 Å². The van der Waals surface area contributed by atoms with E-state index in [1.165, 1.54) is 24.3 Å². The van der Waals surface area contributed by atoms with E-state index >= 15 is 8.78 Å². The van der Waals surface area contributed by atoms with Gasteiger partial charge in [-0.1, -0.05) is 61.5 Å². The summed E-state index contributed by atoms with van der Waals surface area (Å²) in [4.78, 5) is 15.9. The van der Waals surface area contributed by atoms with Gasteiger partial charge < -0.3 is 4.84 Å². The lowest BCUT2D eigenvalue weighted by Gasteiger charge is -2.31. The third-order valence-corrected chi connectivity index (χ3v) is 6.18. The van der Waals surface area contributed by atoms with Crippen LogP contribution in [0, 0.1) is 17.5 Å². The Morgan fingerprint density at radius 3 is 2.21 bits per heavy atom. The molecule has 0 bridgehead atoms. The number of hydrogen-bond acceptors (Lipinski definition) is 3. The van der Waals surface area contributed by atoms with Crippen molar-refractivity contribution in [3.8, 4) is 11.1 Å². The summed E-state index contributed by atoms with van der Waals surface area (Å²) in [5, 5.41) is 0.784. The van der Waals surface area contributed by atoms with Crippen LogP contribution in [0.3, 0.4) is 0 Å². The molecule has 0 spiro atoms. The van der Waals surface area contributed by atoms with E-state index in [0.29, 0.717) is 11.1 Å². The number of halogens is 6. The van der Waals surface area contributed by atoms with Gasteiger partial charge >= 0.3 is 12.1 Å². The summed E-state index contributed by atoms with van der Waals surface area (Å²) >= 11 is 0.